The molecule has 3 heteroatoms. The SMILES string of the molecule is NC(c1cccc(Cl)n1)C1CC1. The van der Waals surface area contributed by atoms with Crippen LogP contribution in [0.5, 0.6) is 0 Å². The molecule has 2 nitrogen and oxygen atoms in total. The summed E-state index contributed by atoms with van der Waals surface area (Å²) in [4.78, 5) is 4.17. The number of hydrogen-bond acceptors (Lipinski definition) is 2. The van der Waals surface area contributed by atoms with Crippen LogP contribution in [-0.4, -0.2) is 4.98 Å². The molecule has 1 unspecified atom stereocenters. The molecule has 0 amide bonds. The van der Waals surface area contributed by atoms with Crippen molar-refractivity contribution in [2.45, 2.75) is 18.9 Å². The molecule has 1 aliphatic carbocycles. The maximum atomic E-state index is 5.95. The van der Waals surface area contributed by atoms with Gasteiger partial charge in [0, 0.05) is 6.04 Å². The number of nitrogens with zero attached hydrogens (tertiary/aromatic N) is 1. The van der Waals surface area contributed by atoms with Crippen molar-refractivity contribution in [2.75, 3.05) is 0 Å². The Morgan fingerprint density at radius 3 is 2.83 bits per heavy atom. The molecule has 1 atom stereocenters. The predicted octanol–water partition coefficient (Wildman–Crippen LogP) is 2.14. The average molecular weight is 183 g/mol. The van der Waals surface area contributed by atoms with Crippen molar-refractivity contribution in [3.8, 4) is 0 Å². The van der Waals surface area contributed by atoms with Crippen LogP contribution in [0.15, 0.2) is 18.2 Å². The lowest BCUT2D eigenvalue weighted by atomic mass is 10.1. The van der Waals surface area contributed by atoms with Gasteiger partial charge < -0.3 is 5.73 Å². The summed E-state index contributed by atoms with van der Waals surface area (Å²) >= 11 is 5.75. The van der Waals surface area contributed by atoms with Crippen LogP contribution in [0.3, 0.4) is 0 Å². The van der Waals surface area contributed by atoms with E-state index in [-0.39, 0.29) is 6.04 Å². The Kier molecular flexibility index (Phi) is 2.03. The van der Waals surface area contributed by atoms with E-state index in [2.05, 4.69) is 4.98 Å². The first-order valence-electron chi connectivity index (χ1n) is 4.15. The Hall–Kier alpha value is -0.600. The molecule has 1 aromatic rings. The van der Waals surface area contributed by atoms with Gasteiger partial charge in [0.15, 0.2) is 0 Å². The van der Waals surface area contributed by atoms with Crippen LogP contribution in [-0.2, 0) is 0 Å². The molecule has 0 spiro atoms. The topological polar surface area (TPSA) is 38.9 Å². The zero-order valence-corrected chi connectivity index (χ0v) is 7.46. The Morgan fingerprint density at radius 1 is 1.50 bits per heavy atom. The van der Waals surface area contributed by atoms with Gasteiger partial charge in [0.2, 0.25) is 0 Å². The zero-order chi connectivity index (χ0) is 8.55. The van der Waals surface area contributed by atoms with E-state index < -0.39 is 0 Å². The van der Waals surface area contributed by atoms with Gasteiger partial charge in [-0.25, -0.2) is 4.98 Å². The molecule has 1 saturated carbocycles. The molecule has 1 fully saturated rings. The summed E-state index contributed by atoms with van der Waals surface area (Å²) < 4.78 is 0. The molecule has 0 aliphatic heterocycles. The summed E-state index contributed by atoms with van der Waals surface area (Å²) in [5.41, 5.74) is 6.87. The molecule has 64 valence electrons. The fourth-order valence-corrected chi connectivity index (χ4v) is 1.48. The number of pyridine rings is 1. The fraction of sp³-hybridized carbons (Fsp3) is 0.444. The van der Waals surface area contributed by atoms with Crippen molar-refractivity contribution >= 4 is 11.6 Å². The first-order valence-corrected chi connectivity index (χ1v) is 4.53. The molecule has 1 aromatic heterocycles. The van der Waals surface area contributed by atoms with E-state index in [1.165, 1.54) is 12.8 Å². The van der Waals surface area contributed by atoms with Gasteiger partial charge in [-0.2, -0.15) is 0 Å². The zero-order valence-electron chi connectivity index (χ0n) is 6.70. The second kappa shape index (κ2) is 3.04. The Morgan fingerprint density at radius 2 is 2.25 bits per heavy atom. The third kappa shape index (κ3) is 1.59. The second-order valence-electron chi connectivity index (χ2n) is 3.25. The normalized spacial score (nSPS) is 19.2. The molecule has 0 saturated heterocycles. The summed E-state index contributed by atoms with van der Waals surface area (Å²) in [5, 5.41) is 0.531. The quantitative estimate of drug-likeness (QED) is 0.712. The Balaban J connectivity index is 2.20. The highest BCUT2D eigenvalue weighted by atomic mass is 35.5. The average Bonchev–Trinajstić information content (AvgIpc) is 2.85. The van der Waals surface area contributed by atoms with Gasteiger partial charge in [0.05, 0.1) is 5.69 Å². The fourth-order valence-electron chi connectivity index (χ4n) is 1.31. The Bertz CT molecular complexity index is 284. The van der Waals surface area contributed by atoms with Crippen LogP contribution < -0.4 is 5.73 Å². The van der Waals surface area contributed by atoms with Gasteiger partial charge in [0.1, 0.15) is 5.15 Å². The summed E-state index contributed by atoms with van der Waals surface area (Å²) in [5.74, 6) is 0.635. The van der Waals surface area contributed by atoms with Crippen molar-refractivity contribution in [1.29, 1.82) is 0 Å². The minimum atomic E-state index is 0.0868. The number of aromatic nitrogens is 1. The standard InChI is InChI=1S/C9H11ClN2/c10-8-3-1-2-7(12-8)9(11)6-4-5-6/h1-3,6,9H,4-5,11H2. The molecule has 0 aromatic carbocycles. The van der Waals surface area contributed by atoms with Crippen LogP contribution in [0, 0.1) is 5.92 Å². The van der Waals surface area contributed by atoms with E-state index >= 15 is 0 Å². The van der Waals surface area contributed by atoms with Gasteiger partial charge >= 0.3 is 0 Å². The molecule has 2 rings (SSSR count). The lowest BCUT2D eigenvalue weighted by molar-refractivity contribution is 0.615. The van der Waals surface area contributed by atoms with Gasteiger partial charge in [0.25, 0.3) is 0 Å². The van der Waals surface area contributed by atoms with Crippen molar-refractivity contribution in [1.82, 2.24) is 4.98 Å². The number of hydrogen-bond donors (Lipinski definition) is 1. The highest BCUT2D eigenvalue weighted by Crippen LogP contribution is 2.38. The van der Waals surface area contributed by atoms with Crippen LogP contribution in [0.25, 0.3) is 0 Å². The third-order valence-electron chi connectivity index (χ3n) is 2.21. The monoisotopic (exact) mass is 182 g/mol. The maximum Gasteiger partial charge on any atom is 0.129 e. The van der Waals surface area contributed by atoms with Gasteiger partial charge in [-0.15, -0.1) is 0 Å². The van der Waals surface area contributed by atoms with E-state index in [1.807, 2.05) is 12.1 Å². The highest BCUT2D eigenvalue weighted by molar-refractivity contribution is 6.29. The molecular weight excluding hydrogens is 172 g/mol. The summed E-state index contributed by atoms with van der Waals surface area (Å²) in [6.07, 6.45) is 2.46. The number of rotatable bonds is 2. The molecule has 1 heterocycles. The lowest BCUT2D eigenvalue weighted by Crippen LogP contribution is -2.13. The van der Waals surface area contributed by atoms with Crippen molar-refractivity contribution in [2.24, 2.45) is 11.7 Å². The first-order chi connectivity index (χ1) is 5.77. The largest absolute Gasteiger partial charge is 0.322 e. The van der Waals surface area contributed by atoms with E-state index in [9.17, 15) is 0 Å². The van der Waals surface area contributed by atoms with E-state index in [0.29, 0.717) is 11.1 Å². The predicted molar refractivity (Wildman–Crippen MR) is 48.9 cm³/mol. The maximum absolute atomic E-state index is 5.95. The van der Waals surface area contributed by atoms with Crippen molar-refractivity contribution in [3.63, 3.8) is 0 Å². The molecule has 1 aliphatic rings. The minimum Gasteiger partial charge on any atom is -0.322 e. The highest BCUT2D eigenvalue weighted by Gasteiger charge is 2.30. The van der Waals surface area contributed by atoms with Gasteiger partial charge in [-0.3, -0.25) is 0 Å². The molecular formula is C9H11ClN2. The summed E-state index contributed by atoms with van der Waals surface area (Å²) in [6.45, 7) is 0. The van der Waals surface area contributed by atoms with Crippen molar-refractivity contribution < 1.29 is 0 Å². The van der Waals surface area contributed by atoms with Crippen LogP contribution in [0.4, 0.5) is 0 Å². The summed E-state index contributed by atoms with van der Waals surface area (Å²) in [7, 11) is 0. The van der Waals surface area contributed by atoms with E-state index in [4.69, 9.17) is 17.3 Å². The minimum absolute atomic E-state index is 0.0868. The van der Waals surface area contributed by atoms with Crippen LogP contribution >= 0.6 is 11.6 Å². The smallest absolute Gasteiger partial charge is 0.129 e. The molecule has 0 radical (unpaired) electrons. The lowest BCUT2D eigenvalue weighted by Gasteiger charge is -2.08. The van der Waals surface area contributed by atoms with Gasteiger partial charge in [-0.05, 0) is 30.9 Å². The molecule has 2 N–H and O–H groups in total. The van der Waals surface area contributed by atoms with E-state index in [0.717, 1.165) is 5.69 Å². The van der Waals surface area contributed by atoms with E-state index in [1.54, 1.807) is 6.07 Å². The third-order valence-corrected chi connectivity index (χ3v) is 2.42. The molecule has 0 bridgehead atoms. The summed E-state index contributed by atoms with van der Waals surface area (Å²) in [6, 6.07) is 5.69. The van der Waals surface area contributed by atoms with Crippen molar-refractivity contribution in [3.05, 3.63) is 29.0 Å². The Labute approximate surface area is 76.7 Å². The number of nitrogens with two attached hydrogens (primary N) is 1. The number of halogens is 1. The van der Waals surface area contributed by atoms with Crippen LogP contribution in [0.1, 0.15) is 24.6 Å². The first kappa shape index (κ1) is 8.02. The van der Waals surface area contributed by atoms with Crippen LogP contribution in [0.2, 0.25) is 5.15 Å². The molecule has 12 heavy (non-hydrogen) atoms. The van der Waals surface area contributed by atoms with Gasteiger partial charge in [-0.1, -0.05) is 17.7 Å². The second-order valence-corrected chi connectivity index (χ2v) is 3.64.